The SMILES string of the molecule is CCN1C(=O)Cc2cc(C(=O)N3CCN(C4CCCCC4)CC3)ccc21. The van der Waals surface area contributed by atoms with Crippen LogP contribution in [-0.2, 0) is 11.2 Å². The molecule has 1 aliphatic carbocycles. The van der Waals surface area contributed by atoms with Gasteiger partial charge in [-0.2, -0.15) is 0 Å². The maximum absolute atomic E-state index is 12.9. The standard InChI is InChI=1S/C21H29N3O2/c1-2-24-19-9-8-16(14-17(19)15-20(24)25)21(26)23-12-10-22(11-13-23)18-6-4-3-5-7-18/h8-9,14,18H,2-7,10-13,15H2,1H3. The molecule has 1 aromatic rings. The Kier molecular flexibility index (Phi) is 4.98. The van der Waals surface area contributed by atoms with Crippen molar-refractivity contribution in [2.45, 2.75) is 51.5 Å². The van der Waals surface area contributed by atoms with E-state index in [0.717, 1.165) is 49.0 Å². The molecule has 2 heterocycles. The van der Waals surface area contributed by atoms with E-state index in [-0.39, 0.29) is 11.8 Å². The van der Waals surface area contributed by atoms with Crippen LogP contribution in [0.3, 0.4) is 0 Å². The number of rotatable bonds is 3. The molecule has 0 atom stereocenters. The summed E-state index contributed by atoms with van der Waals surface area (Å²) < 4.78 is 0. The van der Waals surface area contributed by atoms with Crippen molar-refractivity contribution in [1.82, 2.24) is 9.80 Å². The van der Waals surface area contributed by atoms with Crippen molar-refractivity contribution in [3.05, 3.63) is 29.3 Å². The molecule has 2 fully saturated rings. The van der Waals surface area contributed by atoms with Crippen molar-refractivity contribution in [2.24, 2.45) is 0 Å². The number of fused-ring (bicyclic) bond motifs is 1. The van der Waals surface area contributed by atoms with Gasteiger partial charge in [-0.15, -0.1) is 0 Å². The number of carbonyl (C=O) groups excluding carboxylic acids is 2. The lowest BCUT2D eigenvalue weighted by Crippen LogP contribution is -2.52. The number of nitrogens with zero attached hydrogens (tertiary/aromatic N) is 3. The number of piperazine rings is 1. The highest BCUT2D eigenvalue weighted by Gasteiger charge is 2.30. The normalized spacial score (nSPS) is 22.0. The first-order chi connectivity index (χ1) is 12.7. The second-order valence-electron chi connectivity index (χ2n) is 7.78. The molecule has 5 nitrogen and oxygen atoms in total. The number of likely N-dealkylation sites (N-methyl/N-ethyl adjacent to an activating group) is 1. The highest BCUT2D eigenvalue weighted by Crippen LogP contribution is 2.30. The smallest absolute Gasteiger partial charge is 0.253 e. The van der Waals surface area contributed by atoms with Gasteiger partial charge in [0.15, 0.2) is 0 Å². The van der Waals surface area contributed by atoms with Gasteiger partial charge in [-0.25, -0.2) is 0 Å². The molecular weight excluding hydrogens is 326 g/mol. The highest BCUT2D eigenvalue weighted by molar-refractivity contribution is 6.03. The van der Waals surface area contributed by atoms with Gasteiger partial charge in [0.25, 0.3) is 5.91 Å². The van der Waals surface area contributed by atoms with E-state index in [1.807, 2.05) is 30.0 Å². The molecule has 0 spiro atoms. The van der Waals surface area contributed by atoms with Crippen LogP contribution < -0.4 is 4.90 Å². The van der Waals surface area contributed by atoms with Crippen LogP contribution in [0.25, 0.3) is 0 Å². The Morgan fingerprint density at radius 1 is 1.08 bits per heavy atom. The summed E-state index contributed by atoms with van der Waals surface area (Å²) in [5.41, 5.74) is 2.68. The first kappa shape index (κ1) is 17.5. The summed E-state index contributed by atoms with van der Waals surface area (Å²) >= 11 is 0. The van der Waals surface area contributed by atoms with Gasteiger partial charge in [-0.05, 0) is 43.5 Å². The average Bonchev–Trinajstić information content (AvgIpc) is 3.02. The number of hydrogen-bond acceptors (Lipinski definition) is 3. The van der Waals surface area contributed by atoms with Crippen molar-refractivity contribution in [2.75, 3.05) is 37.6 Å². The van der Waals surface area contributed by atoms with Crippen molar-refractivity contribution in [3.63, 3.8) is 0 Å². The van der Waals surface area contributed by atoms with Crippen LogP contribution in [0.1, 0.15) is 54.9 Å². The van der Waals surface area contributed by atoms with E-state index < -0.39 is 0 Å². The summed E-state index contributed by atoms with van der Waals surface area (Å²) in [7, 11) is 0. The Morgan fingerprint density at radius 3 is 2.50 bits per heavy atom. The Balaban J connectivity index is 1.40. The number of hydrogen-bond donors (Lipinski definition) is 0. The van der Waals surface area contributed by atoms with Gasteiger partial charge in [-0.1, -0.05) is 19.3 Å². The van der Waals surface area contributed by atoms with E-state index in [0.29, 0.717) is 13.0 Å². The molecule has 0 unspecified atom stereocenters. The lowest BCUT2D eigenvalue weighted by atomic mass is 9.94. The lowest BCUT2D eigenvalue weighted by Gasteiger charge is -2.40. The Morgan fingerprint density at radius 2 is 1.81 bits per heavy atom. The van der Waals surface area contributed by atoms with Crippen LogP contribution in [0.15, 0.2) is 18.2 Å². The fraction of sp³-hybridized carbons (Fsp3) is 0.619. The maximum Gasteiger partial charge on any atom is 0.253 e. The van der Waals surface area contributed by atoms with Gasteiger partial charge < -0.3 is 9.80 Å². The van der Waals surface area contributed by atoms with Gasteiger partial charge >= 0.3 is 0 Å². The van der Waals surface area contributed by atoms with Crippen molar-refractivity contribution >= 4 is 17.5 Å². The van der Waals surface area contributed by atoms with Gasteiger partial charge in [-0.3, -0.25) is 14.5 Å². The molecule has 0 N–H and O–H groups in total. The highest BCUT2D eigenvalue weighted by atomic mass is 16.2. The number of amides is 2. The predicted octanol–water partition coefficient (Wildman–Crippen LogP) is 2.69. The minimum atomic E-state index is 0.110. The Bertz CT molecular complexity index is 688. The summed E-state index contributed by atoms with van der Waals surface area (Å²) in [6.07, 6.45) is 7.14. The van der Waals surface area contributed by atoms with Crippen LogP contribution in [0.2, 0.25) is 0 Å². The molecule has 140 valence electrons. The zero-order valence-corrected chi connectivity index (χ0v) is 15.7. The largest absolute Gasteiger partial charge is 0.336 e. The summed E-state index contributed by atoms with van der Waals surface area (Å²) in [6.45, 7) is 6.27. The van der Waals surface area contributed by atoms with Gasteiger partial charge in [0.2, 0.25) is 5.91 Å². The van der Waals surface area contributed by atoms with Gasteiger partial charge in [0, 0.05) is 50.0 Å². The molecule has 0 aromatic heterocycles. The fourth-order valence-corrected chi connectivity index (χ4v) is 4.78. The van der Waals surface area contributed by atoms with Crippen LogP contribution in [0.5, 0.6) is 0 Å². The minimum Gasteiger partial charge on any atom is -0.336 e. The van der Waals surface area contributed by atoms with Gasteiger partial charge in [0.1, 0.15) is 0 Å². The Labute approximate surface area is 155 Å². The molecule has 2 amide bonds. The molecule has 0 bridgehead atoms. The second-order valence-corrected chi connectivity index (χ2v) is 7.78. The predicted molar refractivity (Wildman–Crippen MR) is 103 cm³/mol. The van der Waals surface area contributed by atoms with E-state index in [1.165, 1.54) is 32.1 Å². The molecular formula is C21H29N3O2. The molecule has 3 aliphatic rings. The topological polar surface area (TPSA) is 43.9 Å². The van der Waals surface area contributed by atoms with E-state index in [4.69, 9.17) is 0 Å². The molecule has 1 saturated carbocycles. The number of carbonyl (C=O) groups is 2. The van der Waals surface area contributed by atoms with E-state index in [9.17, 15) is 9.59 Å². The molecule has 2 aliphatic heterocycles. The molecule has 26 heavy (non-hydrogen) atoms. The number of benzene rings is 1. The number of anilines is 1. The first-order valence-electron chi connectivity index (χ1n) is 10.1. The Hall–Kier alpha value is -1.88. The van der Waals surface area contributed by atoms with Crippen LogP contribution >= 0.6 is 0 Å². The molecule has 0 radical (unpaired) electrons. The van der Waals surface area contributed by atoms with E-state index in [1.54, 1.807) is 4.90 Å². The second kappa shape index (κ2) is 7.39. The molecule has 1 aromatic carbocycles. The lowest BCUT2D eigenvalue weighted by molar-refractivity contribution is -0.117. The third-order valence-corrected chi connectivity index (χ3v) is 6.27. The van der Waals surface area contributed by atoms with E-state index in [2.05, 4.69) is 4.90 Å². The maximum atomic E-state index is 12.9. The van der Waals surface area contributed by atoms with E-state index >= 15 is 0 Å². The molecule has 4 rings (SSSR count). The summed E-state index contributed by atoms with van der Waals surface area (Å²) in [5, 5.41) is 0. The van der Waals surface area contributed by atoms with Crippen LogP contribution in [-0.4, -0.2) is 60.4 Å². The summed E-state index contributed by atoms with van der Waals surface area (Å²) in [6, 6.07) is 6.48. The average molecular weight is 355 g/mol. The summed E-state index contributed by atoms with van der Waals surface area (Å²) in [4.78, 5) is 31.3. The van der Waals surface area contributed by atoms with Crippen LogP contribution in [0.4, 0.5) is 5.69 Å². The monoisotopic (exact) mass is 355 g/mol. The minimum absolute atomic E-state index is 0.110. The zero-order chi connectivity index (χ0) is 18.1. The zero-order valence-electron chi connectivity index (χ0n) is 15.7. The molecule has 5 heteroatoms. The van der Waals surface area contributed by atoms with Crippen LogP contribution in [0, 0.1) is 0 Å². The third kappa shape index (κ3) is 3.25. The van der Waals surface area contributed by atoms with Crippen molar-refractivity contribution in [1.29, 1.82) is 0 Å². The molecule has 1 saturated heterocycles. The fourth-order valence-electron chi connectivity index (χ4n) is 4.78. The van der Waals surface area contributed by atoms with Gasteiger partial charge in [0.05, 0.1) is 6.42 Å². The third-order valence-electron chi connectivity index (χ3n) is 6.27. The quantitative estimate of drug-likeness (QED) is 0.837. The first-order valence-corrected chi connectivity index (χ1v) is 10.1. The van der Waals surface area contributed by atoms with Crippen molar-refractivity contribution in [3.8, 4) is 0 Å². The van der Waals surface area contributed by atoms with Crippen molar-refractivity contribution < 1.29 is 9.59 Å². The summed E-state index contributed by atoms with van der Waals surface area (Å²) in [5.74, 6) is 0.242.